The average Bonchev–Trinajstić information content (AvgIpc) is 3.75. The number of fused-ring (bicyclic) bond motifs is 7. The highest BCUT2D eigenvalue weighted by molar-refractivity contribution is 6.19. The molecule has 0 aromatic heterocycles. The quantitative estimate of drug-likeness (QED) is 0.143. The van der Waals surface area contributed by atoms with E-state index in [-0.39, 0.29) is 0 Å². The van der Waals surface area contributed by atoms with E-state index in [2.05, 4.69) is 300 Å². The minimum absolute atomic E-state index is 0.660. The van der Waals surface area contributed by atoms with Crippen molar-refractivity contribution in [2.24, 2.45) is 0 Å². The van der Waals surface area contributed by atoms with Crippen molar-refractivity contribution in [3.05, 3.63) is 307 Å². The first-order valence-electron chi connectivity index (χ1n) is 24.8. The molecule has 1 heterocycles. The van der Waals surface area contributed by atoms with Crippen LogP contribution in [-0.2, 0) is 5.41 Å². The van der Waals surface area contributed by atoms with Crippen LogP contribution < -0.4 is 14.7 Å². The van der Waals surface area contributed by atoms with Gasteiger partial charge in [0.15, 0.2) is 0 Å². The summed E-state index contributed by atoms with van der Waals surface area (Å²) in [4.78, 5) is 7.29. The second-order valence-electron chi connectivity index (χ2n) is 18.8. The number of hydrogen-bond donors (Lipinski definition) is 0. The Morgan fingerprint density at radius 2 is 0.750 bits per heavy atom. The molecular formula is C69H47N3. The fourth-order valence-electron chi connectivity index (χ4n) is 12.0. The third-order valence-corrected chi connectivity index (χ3v) is 15.0. The number of hydrogen-bond acceptors (Lipinski definition) is 3. The predicted octanol–water partition coefficient (Wildman–Crippen LogP) is 18.7. The Hall–Kier alpha value is -9.44. The fourth-order valence-corrected chi connectivity index (χ4v) is 12.0. The summed E-state index contributed by atoms with van der Waals surface area (Å²) in [6, 6.07) is 105. The van der Waals surface area contributed by atoms with Gasteiger partial charge in [0.05, 0.1) is 16.8 Å². The van der Waals surface area contributed by atoms with E-state index in [4.69, 9.17) is 0 Å². The summed E-state index contributed by atoms with van der Waals surface area (Å²) in [7, 11) is 0. The van der Waals surface area contributed by atoms with Crippen LogP contribution in [0.4, 0.5) is 51.2 Å². The lowest BCUT2D eigenvalue weighted by Crippen LogP contribution is -2.29. The van der Waals surface area contributed by atoms with E-state index in [1.807, 2.05) is 0 Å². The molecule has 338 valence electrons. The normalized spacial score (nSPS) is 12.8. The Kier molecular flexibility index (Phi) is 9.75. The van der Waals surface area contributed by atoms with Crippen LogP contribution in [0.3, 0.4) is 0 Å². The van der Waals surface area contributed by atoms with Gasteiger partial charge < -0.3 is 14.7 Å². The van der Waals surface area contributed by atoms with Gasteiger partial charge in [0.1, 0.15) is 0 Å². The zero-order chi connectivity index (χ0) is 47.6. The molecule has 0 bridgehead atoms. The van der Waals surface area contributed by atoms with Crippen LogP contribution in [0.15, 0.2) is 285 Å². The van der Waals surface area contributed by atoms with Gasteiger partial charge in [-0.05, 0) is 141 Å². The monoisotopic (exact) mass is 917 g/mol. The third kappa shape index (κ3) is 6.45. The Morgan fingerprint density at radius 3 is 1.31 bits per heavy atom. The maximum absolute atomic E-state index is 2.56. The SMILES string of the molecule is c1ccc(N(c2ccccc2)c2ccc3c(c2)C(c2ccccc2)(c2ccccc2)c2cc(N4c5c(ccc6cc(N(c7ccccc7)c7ccccc7)ccc56)-c5cccc6cccc4c56)ccc2-3)cc1. The van der Waals surface area contributed by atoms with Crippen LogP contribution in [0.1, 0.15) is 22.3 Å². The van der Waals surface area contributed by atoms with Gasteiger partial charge in [0.25, 0.3) is 0 Å². The molecule has 1 aliphatic heterocycles. The average molecular weight is 918 g/mol. The highest BCUT2D eigenvalue weighted by Gasteiger charge is 2.47. The van der Waals surface area contributed by atoms with Crippen molar-refractivity contribution in [3.8, 4) is 22.3 Å². The third-order valence-electron chi connectivity index (χ3n) is 15.0. The Balaban J connectivity index is 1.01. The second-order valence-corrected chi connectivity index (χ2v) is 18.8. The summed E-state index contributed by atoms with van der Waals surface area (Å²) in [5.41, 5.74) is 19.4. The van der Waals surface area contributed by atoms with E-state index >= 15 is 0 Å². The number of benzene rings is 12. The van der Waals surface area contributed by atoms with Crippen LogP contribution in [0.5, 0.6) is 0 Å². The summed E-state index contributed by atoms with van der Waals surface area (Å²) in [5, 5.41) is 4.85. The molecular weight excluding hydrogens is 871 g/mol. The van der Waals surface area contributed by atoms with Crippen molar-refractivity contribution in [1.82, 2.24) is 0 Å². The number of nitrogens with zero attached hydrogens (tertiary/aromatic N) is 3. The molecule has 0 atom stereocenters. The van der Waals surface area contributed by atoms with Gasteiger partial charge in [-0.1, -0.05) is 194 Å². The van der Waals surface area contributed by atoms with Crippen LogP contribution in [0.25, 0.3) is 43.8 Å². The first kappa shape index (κ1) is 41.5. The van der Waals surface area contributed by atoms with Crippen molar-refractivity contribution in [1.29, 1.82) is 0 Å². The smallest absolute Gasteiger partial charge is 0.0715 e. The minimum atomic E-state index is -0.660. The predicted molar refractivity (Wildman–Crippen MR) is 302 cm³/mol. The van der Waals surface area contributed by atoms with E-state index in [0.29, 0.717) is 0 Å². The molecule has 14 rings (SSSR count). The molecule has 12 aromatic rings. The van der Waals surface area contributed by atoms with Crippen LogP contribution in [0.2, 0.25) is 0 Å². The topological polar surface area (TPSA) is 9.72 Å². The largest absolute Gasteiger partial charge is 0.310 e. The maximum atomic E-state index is 2.56. The Morgan fingerprint density at radius 1 is 0.292 bits per heavy atom. The molecule has 1 aliphatic carbocycles. The van der Waals surface area contributed by atoms with Crippen LogP contribution >= 0.6 is 0 Å². The molecule has 72 heavy (non-hydrogen) atoms. The van der Waals surface area contributed by atoms with Crippen molar-refractivity contribution in [3.63, 3.8) is 0 Å². The lowest BCUT2D eigenvalue weighted by molar-refractivity contribution is 0.768. The zero-order valence-corrected chi connectivity index (χ0v) is 39.5. The molecule has 0 saturated heterocycles. The maximum Gasteiger partial charge on any atom is 0.0715 e. The molecule has 3 nitrogen and oxygen atoms in total. The number of rotatable bonds is 9. The number of para-hydroxylation sites is 4. The Labute approximate surface area is 420 Å². The minimum Gasteiger partial charge on any atom is -0.310 e. The lowest BCUT2D eigenvalue weighted by atomic mass is 9.67. The van der Waals surface area contributed by atoms with E-state index in [0.717, 1.165) is 39.8 Å². The molecule has 2 aliphatic rings. The van der Waals surface area contributed by atoms with Crippen molar-refractivity contribution in [2.45, 2.75) is 5.41 Å². The second kappa shape index (κ2) is 16.9. The van der Waals surface area contributed by atoms with Gasteiger partial charge in [0.2, 0.25) is 0 Å². The highest BCUT2D eigenvalue weighted by Crippen LogP contribution is 2.60. The Bertz CT molecular complexity index is 3850. The molecule has 0 N–H and O–H groups in total. The fraction of sp³-hybridized carbons (Fsp3) is 0.0145. The molecule has 0 radical (unpaired) electrons. The summed E-state index contributed by atoms with van der Waals surface area (Å²) in [6.07, 6.45) is 0. The van der Waals surface area contributed by atoms with Gasteiger partial charge in [-0.3, -0.25) is 0 Å². The summed E-state index contributed by atoms with van der Waals surface area (Å²) >= 11 is 0. The summed E-state index contributed by atoms with van der Waals surface area (Å²) in [6.45, 7) is 0. The van der Waals surface area contributed by atoms with Crippen LogP contribution in [-0.4, -0.2) is 0 Å². The van der Waals surface area contributed by atoms with E-state index in [1.54, 1.807) is 0 Å². The molecule has 0 amide bonds. The van der Waals surface area contributed by atoms with E-state index in [9.17, 15) is 0 Å². The van der Waals surface area contributed by atoms with Crippen molar-refractivity contribution >= 4 is 72.7 Å². The number of anilines is 9. The lowest BCUT2D eigenvalue weighted by Gasteiger charge is -2.37. The first-order chi connectivity index (χ1) is 35.7. The van der Waals surface area contributed by atoms with Gasteiger partial charge in [-0.15, -0.1) is 0 Å². The highest BCUT2D eigenvalue weighted by atomic mass is 15.2. The van der Waals surface area contributed by atoms with E-state index < -0.39 is 5.41 Å². The van der Waals surface area contributed by atoms with Gasteiger partial charge >= 0.3 is 0 Å². The van der Waals surface area contributed by atoms with Crippen LogP contribution in [0, 0.1) is 0 Å². The molecule has 0 spiro atoms. The van der Waals surface area contributed by atoms with E-state index in [1.165, 1.54) is 77.4 Å². The van der Waals surface area contributed by atoms with Gasteiger partial charge in [-0.25, -0.2) is 0 Å². The van der Waals surface area contributed by atoms with Crippen molar-refractivity contribution < 1.29 is 0 Å². The van der Waals surface area contributed by atoms with Gasteiger partial charge in [-0.2, -0.15) is 0 Å². The zero-order valence-electron chi connectivity index (χ0n) is 39.5. The molecule has 3 heteroatoms. The molecule has 0 unspecified atom stereocenters. The summed E-state index contributed by atoms with van der Waals surface area (Å²) in [5.74, 6) is 0. The first-order valence-corrected chi connectivity index (χ1v) is 24.8. The molecule has 0 fully saturated rings. The van der Waals surface area contributed by atoms with Gasteiger partial charge in [0, 0.05) is 56.1 Å². The van der Waals surface area contributed by atoms with Crippen molar-refractivity contribution in [2.75, 3.05) is 14.7 Å². The molecule has 12 aromatic carbocycles. The summed E-state index contributed by atoms with van der Waals surface area (Å²) < 4.78 is 0. The standard InChI is InChI=1S/C69H47N3/c1-7-23-50(24-8-1)69(51-25-9-2-10-26-51)64-46-57(71(54-31-15-5-16-32-54)55-33-17-6-18-34-55)39-43-60(64)61-44-40-58(47-65(61)69)72-66-36-20-22-48-21-19-35-62(67(48)66)63-41-37-49-45-56(38-42-59(49)68(63)72)70(52-27-11-3-12-28-52)53-29-13-4-14-30-53/h1-47H. The molecule has 0 saturated carbocycles.